The van der Waals surface area contributed by atoms with Crippen LogP contribution in [0, 0.1) is 0 Å². The number of ether oxygens (including phenoxy) is 2. The van der Waals surface area contributed by atoms with Gasteiger partial charge in [-0.25, -0.2) is 9.59 Å². The van der Waals surface area contributed by atoms with E-state index in [2.05, 4.69) is 61.7 Å². The third-order valence-electron chi connectivity index (χ3n) is 6.72. The summed E-state index contributed by atoms with van der Waals surface area (Å²) in [7, 11) is 0. The average molecular weight is 639 g/mol. The predicted octanol–water partition coefficient (Wildman–Crippen LogP) is 10.6. The molecule has 0 saturated carbocycles. The summed E-state index contributed by atoms with van der Waals surface area (Å²) in [6, 6.07) is 18.1. The van der Waals surface area contributed by atoms with Crippen LogP contribution in [-0.2, 0) is 31.9 Å². The van der Waals surface area contributed by atoms with Gasteiger partial charge in [-0.3, -0.25) is 0 Å². The van der Waals surface area contributed by atoms with Crippen LogP contribution < -0.4 is 0 Å². The van der Waals surface area contributed by atoms with Gasteiger partial charge >= 0.3 is 11.9 Å². The van der Waals surface area contributed by atoms with Gasteiger partial charge in [0.15, 0.2) is 0 Å². The van der Waals surface area contributed by atoms with E-state index >= 15 is 0 Å². The van der Waals surface area contributed by atoms with Gasteiger partial charge < -0.3 is 9.47 Å². The number of hydrogen-bond donors (Lipinski definition) is 0. The highest BCUT2D eigenvalue weighted by atomic mass is 32.1. The summed E-state index contributed by atoms with van der Waals surface area (Å²) in [5, 5.41) is 0. The normalized spacial score (nSPS) is 11.0. The molecule has 4 rings (SSSR count). The molecule has 0 unspecified atom stereocenters. The van der Waals surface area contributed by atoms with Crippen LogP contribution in [0.2, 0.25) is 0 Å². The molecule has 0 fully saturated rings. The Morgan fingerprint density at radius 1 is 0.500 bits per heavy atom. The maximum atomic E-state index is 11.1. The lowest BCUT2D eigenvalue weighted by Crippen LogP contribution is -2.01. The Labute approximate surface area is 265 Å². The SMILES string of the molecule is C=CC(=O)OCCCCCCc1ccc(-c2ccc(-c3ccc(-c4ccc(CCCCCCOC(=O)C=C)s4)s3)s2)s1. The molecule has 4 heterocycles. The van der Waals surface area contributed by atoms with E-state index in [-0.39, 0.29) is 11.9 Å². The van der Waals surface area contributed by atoms with Crippen LogP contribution in [0.15, 0.2) is 73.8 Å². The lowest BCUT2D eigenvalue weighted by molar-refractivity contribution is -0.138. The molecule has 0 bridgehead atoms. The second-order valence-electron chi connectivity index (χ2n) is 9.93. The molecule has 0 aromatic carbocycles. The van der Waals surface area contributed by atoms with Crippen molar-refractivity contribution < 1.29 is 19.1 Å². The van der Waals surface area contributed by atoms with Gasteiger partial charge in [-0.1, -0.05) is 38.8 Å². The van der Waals surface area contributed by atoms with Crippen molar-refractivity contribution in [3.05, 3.63) is 83.6 Å². The van der Waals surface area contributed by atoms with Gasteiger partial charge in [0.1, 0.15) is 0 Å². The molecule has 0 spiro atoms. The minimum Gasteiger partial charge on any atom is -0.463 e. The Hall–Kier alpha value is -2.78. The molecule has 4 aromatic heterocycles. The van der Waals surface area contributed by atoms with E-state index in [0.717, 1.165) is 64.2 Å². The number of esters is 2. The molecule has 0 radical (unpaired) electrons. The van der Waals surface area contributed by atoms with Crippen molar-refractivity contribution in [3.8, 4) is 29.3 Å². The van der Waals surface area contributed by atoms with Gasteiger partial charge in [0, 0.05) is 51.2 Å². The summed E-state index contributed by atoms with van der Waals surface area (Å²) in [4.78, 5) is 33.0. The molecule has 0 aliphatic heterocycles. The standard InChI is InChI=1S/C34H38O4S4/c1-3-33(35)37-23-11-7-5-9-13-25-15-17-27(39-25)29-19-21-31(41-29)32-22-20-30(42-32)28-18-16-26(40-28)14-10-6-8-12-24-38-34(36)4-2/h3-4,15-22H,1-2,5-14,23-24H2. The summed E-state index contributed by atoms with van der Waals surface area (Å²) in [6.07, 6.45) is 13.2. The van der Waals surface area contributed by atoms with Gasteiger partial charge in [0.25, 0.3) is 0 Å². The zero-order chi connectivity index (χ0) is 29.6. The maximum absolute atomic E-state index is 11.1. The third-order valence-corrected chi connectivity index (χ3v) is 11.8. The lowest BCUT2D eigenvalue weighted by Gasteiger charge is -2.02. The van der Waals surface area contributed by atoms with Crippen molar-refractivity contribution in [2.75, 3.05) is 13.2 Å². The summed E-state index contributed by atoms with van der Waals surface area (Å²) in [6.45, 7) is 7.79. The Morgan fingerprint density at radius 2 is 0.833 bits per heavy atom. The second kappa shape index (κ2) is 17.4. The Morgan fingerprint density at radius 3 is 1.21 bits per heavy atom. The van der Waals surface area contributed by atoms with Gasteiger partial charge in [-0.05, 0) is 87.1 Å². The molecule has 0 amide bonds. The van der Waals surface area contributed by atoms with Crippen molar-refractivity contribution in [1.29, 1.82) is 0 Å². The molecule has 0 N–H and O–H groups in total. The van der Waals surface area contributed by atoms with Crippen LogP contribution in [0.1, 0.15) is 61.1 Å². The zero-order valence-corrected chi connectivity index (χ0v) is 27.2. The van der Waals surface area contributed by atoms with Crippen molar-refractivity contribution in [2.24, 2.45) is 0 Å². The first kappa shape index (κ1) is 32.1. The first-order valence-corrected chi connectivity index (χ1v) is 17.8. The highest BCUT2D eigenvalue weighted by Crippen LogP contribution is 2.43. The molecule has 0 aliphatic carbocycles. The second-order valence-corrected chi connectivity index (χ2v) is 14.4. The van der Waals surface area contributed by atoms with Crippen LogP contribution >= 0.6 is 45.3 Å². The topological polar surface area (TPSA) is 52.6 Å². The van der Waals surface area contributed by atoms with E-state index in [1.807, 2.05) is 45.3 Å². The number of rotatable bonds is 19. The van der Waals surface area contributed by atoms with E-state index in [4.69, 9.17) is 9.47 Å². The fourth-order valence-corrected chi connectivity index (χ4v) is 8.85. The fraction of sp³-hybridized carbons (Fsp3) is 0.353. The minimum atomic E-state index is -0.337. The fourth-order valence-electron chi connectivity index (χ4n) is 4.47. The molecule has 4 aromatic rings. The summed E-state index contributed by atoms with van der Waals surface area (Å²) in [5.74, 6) is -0.674. The van der Waals surface area contributed by atoms with Gasteiger partial charge in [-0.2, -0.15) is 0 Å². The van der Waals surface area contributed by atoms with Gasteiger partial charge in [-0.15, -0.1) is 45.3 Å². The average Bonchev–Trinajstić information content (AvgIpc) is 3.82. The smallest absolute Gasteiger partial charge is 0.330 e. The van der Waals surface area contributed by atoms with Crippen LogP contribution in [0.4, 0.5) is 0 Å². The summed E-state index contributed by atoms with van der Waals surface area (Å²) < 4.78 is 10.1. The third kappa shape index (κ3) is 10.2. The van der Waals surface area contributed by atoms with E-state index < -0.39 is 0 Å². The molecular formula is C34H38O4S4. The van der Waals surface area contributed by atoms with Crippen molar-refractivity contribution >= 4 is 57.3 Å². The van der Waals surface area contributed by atoms with E-state index in [1.165, 1.54) is 51.2 Å². The first-order chi connectivity index (χ1) is 20.6. The van der Waals surface area contributed by atoms with Crippen molar-refractivity contribution in [2.45, 2.75) is 64.2 Å². The first-order valence-electron chi connectivity index (χ1n) is 14.5. The highest BCUT2D eigenvalue weighted by molar-refractivity contribution is 7.28. The molecule has 0 saturated heterocycles. The number of thiophene rings is 4. The van der Waals surface area contributed by atoms with E-state index in [0.29, 0.717) is 13.2 Å². The minimum absolute atomic E-state index is 0.337. The van der Waals surface area contributed by atoms with Crippen LogP contribution in [0.3, 0.4) is 0 Å². The molecule has 8 heteroatoms. The summed E-state index contributed by atoms with van der Waals surface area (Å²) >= 11 is 7.55. The number of unbranched alkanes of at least 4 members (excludes halogenated alkanes) is 6. The zero-order valence-electron chi connectivity index (χ0n) is 23.9. The molecule has 0 atom stereocenters. The molecule has 0 aliphatic rings. The van der Waals surface area contributed by atoms with Gasteiger partial charge in [0.05, 0.1) is 13.2 Å². The van der Waals surface area contributed by atoms with Crippen LogP contribution in [0.25, 0.3) is 29.3 Å². The largest absolute Gasteiger partial charge is 0.463 e. The predicted molar refractivity (Wildman–Crippen MR) is 181 cm³/mol. The number of carbonyl (C=O) groups is 2. The van der Waals surface area contributed by atoms with Gasteiger partial charge in [0.2, 0.25) is 0 Å². The van der Waals surface area contributed by atoms with Crippen LogP contribution in [-0.4, -0.2) is 25.2 Å². The summed E-state index contributed by atoms with van der Waals surface area (Å²) in [5.41, 5.74) is 0. The number of aryl methyl sites for hydroxylation is 2. The number of hydrogen-bond acceptors (Lipinski definition) is 8. The number of carbonyl (C=O) groups excluding carboxylic acids is 2. The quantitative estimate of drug-likeness (QED) is 0.0582. The Balaban J connectivity index is 1.19. The molecule has 42 heavy (non-hydrogen) atoms. The molecular weight excluding hydrogens is 601 g/mol. The highest BCUT2D eigenvalue weighted by Gasteiger charge is 2.12. The van der Waals surface area contributed by atoms with Crippen LogP contribution in [0.5, 0.6) is 0 Å². The Bertz CT molecular complexity index is 1330. The van der Waals surface area contributed by atoms with E-state index in [1.54, 1.807) is 0 Å². The Kier molecular flexibility index (Phi) is 13.3. The molecule has 4 nitrogen and oxygen atoms in total. The molecule has 222 valence electrons. The monoisotopic (exact) mass is 638 g/mol. The van der Waals surface area contributed by atoms with E-state index in [9.17, 15) is 9.59 Å². The maximum Gasteiger partial charge on any atom is 0.330 e. The van der Waals surface area contributed by atoms with Crippen molar-refractivity contribution in [1.82, 2.24) is 0 Å². The lowest BCUT2D eigenvalue weighted by atomic mass is 10.1. The van der Waals surface area contributed by atoms with Crippen molar-refractivity contribution in [3.63, 3.8) is 0 Å².